The van der Waals surface area contributed by atoms with Crippen molar-refractivity contribution in [1.82, 2.24) is 0 Å². The molecular weight excluding hydrogens is 254 g/mol. The fraction of sp³-hybridized carbons (Fsp3) is 0.462. The summed E-state index contributed by atoms with van der Waals surface area (Å²) in [7, 11) is 0. The Morgan fingerprint density at radius 2 is 2.11 bits per heavy atom. The molecule has 0 saturated carbocycles. The number of hydrogen-bond acceptors (Lipinski definition) is 4. The lowest BCUT2D eigenvalue weighted by Crippen LogP contribution is -2.13. The van der Waals surface area contributed by atoms with Gasteiger partial charge in [-0.05, 0) is 18.1 Å². The number of rotatable bonds is 6. The van der Waals surface area contributed by atoms with E-state index in [0.717, 1.165) is 0 Å². The Hall–Kier alpha value is -1.26. The van der Waals surface area contributed by atoms with Gasteiger partial charge >= 0.3 is 5.97 Å². The van der Waals surface area contributed by atoms with E-state index < -0.39 is 5.97 Å². The molecule has 0 unspecified atom stereocenters. The van der Waals surface area contributed by atoms with Gasteiger partial charge in [-0.15, -0.1) is 0 Å². The number of halogens is 1. The highest BCUT2D eigenvalue weighted by molar-refractivity contribution is 6.36. The Kier molecular flexibility index (Phi) is 5.95. The Bertz CT molecular complexity index is 407. The van der Waals surface area contributed by atoms with Crippen LogP contribution in [0.1, 0.15) is 24.2 Å². The van der Waals surface area contributed by atoms with Gasteiger partial charge in [-0.1, -0.05) is 31.5 Å². The van der Waals surface area contributed by atoms with Crippen LogP contribution in [0.5, 0.6) is 0 Å². The average Bonchev–Trinajstić information content (AvgIpc) is 2.31. The number of hydrogen-bond donors (Lipinski definition) is 1. The summed E-state index contributed by atoms with van der Waals surface area (Å²) in [5.74, 6) is -0.0236. The van der Waals surface area contributed by atoms with E-state index in [0.29, 0.717) is 24.8 Å². The summed E-state index contributed by atoms with van der Waals surface area (Å²) in [6.07, 6.45) is 0. The van der Waals surface area contributed by atoms with Crippen molar-refractivity contribution >= 4 is 23.3 Å². The van der Waals surface area contributed by atoms with Gasteiger partial charge in [-0.25, -0.2) is 4.79 Å². The van der Waals surface area contributed by atoms with Crippen molar-refractivity contribution in [2.45, 2.75) is 13.8 Å². The summed E-state index contributed by atoms with van der Waals surface area (Å²) >= 11 is 5.91. The molecule has 0 aliphatic carbocycles. The number of nitrogen functional groups attached to an aromatic ring is 1. The fourth-order valence-corrected chi connectivity index (χ4v) is 1.50. The normalized spacial score (nSPS) is 10.7. The van der Waals surface area contributed by atoms with Crippen molar-refractivity contribution in [2.24, 2.45) is 5.92 Å². The zero-order chi connectivity index (χ0) is 13.5. The van der Waals surface area contributed by atoms with Crippen molar-refractivity contribution < 1.29 is 14.3 Å². The number of anilines is 1. The second kappa shape index (κ2) is 7.24. The van der Waals surface area contributed by atoms with E-state index in [1.165, 1.54) is 0 Å². The predicted octanol–water partition coefficient (Wildman–Crippen LogP) is 2.75. The topological polar surface area (TPSA) is 61.5 Å². The summed E-state index contributed by atoms with van der Waals surface area (Å²) in [6.45, 7) is 5.34. The summed E-state index contributed by atoms with van der Waals surface area (Å²) in [5.41, 5.74) is 6.25. The molecule has 0 aliphatic heterocycles. The monoisotopic (exact) mass is 271 g/mol. The third kappa shape index (κ3) is 4.55. The van der Waals surface area contributed by atoms with Gasteiger partial charge in [0.2, 0.25) is 0 Å². The van der Waals surface area contributed by atoms with E-state index in [2.05, 4.69) is 13.8 Å². The highest BCUT2D eigenvalue weighted by atomic mass is 35.5. The lowest BCUT2D eigenvalue weighted by molar-refractivity contribution is 0.0278. The average molecular weight is 272 g/mol. The smallest absolute Gasteiger partial charge is 0.339 e. The van der Waals surface area contributed by atoms with Crippen molar-refractivity contribution in [3.05, 3.63) is 28.8 Å². The van der Waals surface area contributed by atoms with Gasteiger partial charge in [0.25, 0.3) is 0 Å². The Morgan fingerprint density at radius 1 is 1.39 bits per heavy atom. The number of carbonyl (C=O) groups is 1. The number of ether oxygens (including phenoxy) is 2. The van der Waals surface area contributed by atoms with Gasteiger partial charge in [0.05, 0.1) is 22.9 Å². The first kappa shape index (κ1) is 14.8. The molecule has 0 heterocycles. The minimum absolute atomic E-state index is 0.205. The molecule has 0 fully saturated rings. The van der Waals surface area contributed by atoms with Crippen molar-refractivity contribution in [2.75, 3.05) is 25.6 Å². The van der Waals surface area contributed by atoms with Gasteiger partial charge < -0.3 is 15.2 Å². The molecule has 0 saturated heterocycles. The maximum atomic E-state index is 11.7. The Morgan fingerprint density at radius 3 is 2.78 bits per heavy atom. The molecule has 1 aromatic carbocycles. The number of esters is 1. The lowest BCUT2D eigenvalue weighted by Gasteiger charge is -2.09. The molecule has 0 amide bonds. The lowest BCUT2D eigenvalue weighted by atomic mass is 10.2. The largest absolute Gasteiger partial charge is 0.460 e. The standard InChI is InChI=1S/C13H18ClNO3/c1-9(2)8-17-6-7-18-13(16)10-4-3-5-11(15)12(10)14/h3-5,9H,6-8,15H2,1-2H3. The van der Waals surface area contributed by atoms with Gasteiger partial charge in [0, 0.05) is 6.61 Å². The van der Waals surface area contributed by atoms with Crippen LogP contribution < -0.4 is 5.73 Å². The Labute approximate surface area is 112 Å². The number of nitrogens with two attached hydrogens (primary N) is 1. The minimum atomic E-state index is -0.486. The second-order valence-electron chi connectivity index (χ2n) is 4.31. The zero-order valence-electron chi connectivity index (χ0n) is 10.6. The molecule has 18 heavy (non-hydrogen) atoms. The quantitative estimate of drug-likeness (QED) is 0.491. The molecule has 100 valence electrons. The number of benzene rings is 1. The van der Waals surface area contributed by atoms with E-state index in [4.69, 9.17) is 26.8 Å². The first-order chi connectivity index (χ1) is 8.52. The minimum Gasteiger partial charge on any atom is -0.460 e. The van der Waals surface area contributed by atoms with Gasteiger partial charge in [-0.3, -0.25) is 0 Å². The maximum Gasteiger partial charge on any atom is 0.339 e. The molecule has 0 radical (unpaired) electrons. The van der Waals surface area contributed by atoms with Crippen molar-refractivity contribution in [3.63, 3.8) is 0 Å². The van der Waals surface area contributed by atoms with Crippen LogP contribution >= 0.6 is 11.6 Å². The predicted molar refractivity (Wildman–Crippen MR) is 71.8 cm³/mol. The van der Waals surface area contributed by atoms with Crippen LogP contribution in [-0.4, -0.2) is 25.8 Å². The van der Waals surface area contributed by atoms with E-state index in [-0.39, 0.29) is 17.2 Å². The fourth-order valence-electron chi connectivity index (χ4n) is 1.30. The molecule has 0 spiro atoms. The van der Waals surface area contributed by atoms with Crippen molar-refractivity contribution in [1.29, 1.82) is 0 Å². The third-order valence-electron chi connectivity index (χ3n) is 2.16. The highest BCUT2D eigenvalue weighted by Crippen LogP contribution is 2.23. The van der Waals surface area contributed by atoms with E-state index in [1.54, 1.807) is 18.2 Å². The maximum absolute atomic E-state index is 11.7. The van der Waals surface area contributed by atoms with Crippen LogP contribution in [0.4, 0.5) is 5.69 Å². The van der Waals surface area contributed by atoms with Crippen LogP contribution in [0.15, 0.2) is 18.2 Å². The molecule has 0 aromatic heterocycles. The van der Waals surface area contributed by atoms with Crippen LogP contribution in [0.25, 0.3) is 0 Å². The highest BCUT2D eigenvalue weighted by Gasteiger charge is 2.13. The molecule has 1 rings (SSSR count). The van der Waals surface area contributed by atoms with Crippen LogP contribution in [0, 0.1) is 5.92 Å². The van der Waals surface area contributed by atoms with Gasteiger partial charge in [-0.2, -0.15) is 0 Å². The molecular formula is C13H18ClNO3. The summed E-state index contributed by atoms with van der Waals surface area (Å²) in [4.78, 5) is 11.7. The third-order valence-corrected chi connectivity index (χ3v) is 2.58. The SMILES string of the molecule is CC(C)COCCOC(=O)c1cccc(N)c1Cl. The van der Waals surface area contributed by atoms with Gasteiger partial charge in [0.1, 0.15) is 6.61 Å². The second-order valence-corrected chi connectivity index (χ2v) is 4.69. The Balaban J connectivity index is 2.39. The van der Waals surface area contributed by atoms with E-state index in [1.807, 2.05) is 0 Å². The molecule has 2 N–H and O–H groups in total. The summed E-state index contributed by atoms with van der Waals surface area (Å²) < 4.78 is 10.3. The summed E-state index contributed by atoms with van der Waals surface area (Å²) in [5, 5.41) is 0.227. The molecule has 4 nitrogen and oxygen atoms in total. The van der Waals surface area contributed by atoms with Crippen LogP contribution in [0.2, 0.25) is 5.02 Å². The number of carbonyl (C=O) groups excluding carboxylic acids is 1. The van der Waals surface area contributed by atoms with Gasteiger partial charge in [0.15, 0.2) is 0 Å². The summed E-state index contributed by atoms with van der Waals surface area (Å²) in [6, 6.07) is 4.87. The zero-order valence-corrected chi connectivity index (χ0v) is 11.4. The van der Waals surface area contributed by atoms with E-state index >= 15 is 0 Å². The van der Waals surface area contributed by atoms with Crippen LogP contribution in [-0.2, 0) is 9.47 Å². The van der Waals surface area contributed by atoms with Crippen molar-refractivity contribution in [3.8, 4) is 0 Å². The van der Waals surface area contributed by atoms with E-state index in [9.17, 15) is 4.79 Å². The van der Waals surface area contributed by atoms with Crippen LogP contribution in [0.3, 0.4) is 0 Å². The molecule has 5 heteroatoms. The molecule has 0 aliphatic rings. The first-order valence-corrected chi connectivity index (χ1v) is 6.19. The molecule has 0 atom stereocenters. The first-order valence-electron chi connectivity index (χ1n) is 5.81. The molecule has 1 aromatic rings. The molecule has 0 bridgehead atoms.